The highest BCUT2D eigenvalue weighted by molar-refractivity contribution is 8.23. The van der Waals surface area contributed by atoms with E-state index in [4.69, 9.17) is 16.6 Å². The van der Waals surface area contributed by atoms with Crippen LogP contribution in [0.2, 0.25) is 16.6 Å². The molecule has 1 amide bonds. The molecule has 30 heavy (non-hydrogen) atoms. The molecule has 168 valence electrons. The Morgan fingerprint density at radius 2 is 1.57 bits per heavy atom. The van der Waals surface area contributed by atoms with Crippen LogP contribution in [-0.4, -0.2) is 35.7 Å². The van der Waals surface area contributed by atoms with E-state index in [0.29, 0.717) is 20.9 Å². The molecule has 1 aliphatic rings. The van der Waals surface area contributed by atoms with Gasteiger partial charge in [-0.25, -0.2) is 0 Å². The number of rotatable bonds is 8. The van der Waals surface area contributed by atoms with Crippen LogP contribution < -0.4 is 0 Å². The normalized spacial score (nSPS) is 17.7. The van der Waals surface area contributed by atoms with Crippen molar-refractivity contribution in [3.8, 4) is 0 Å². The van der Waals surface area contributed by atoms with Gasteiger partial charge < -0.3 is 4.43 Å². The standard InChI is InChI=1S/C24H39NO2S2Si/c1-16(2)30(17(3)4,18(5)6)27-22(21-12-10-19(7)11-13-21)20(8)23(26)25-14-9-15-29-24(25)28/h10-13,16-18,20,22H,9,14-15H2,1-8H3/t20-,22+/m0/s1. The van der Waals surface area contributed by atoms with E-state index in [0.717, 1.165) is 24.3 Å². The Bertz CT molecular complexity index is 711. The summed E-state index contributed by atoms with van der Waals surface area (Å²) in [6.45, 7) is 18.6. The van der Waals surface area contributed by atoms with E-state index >= 15 is 0 Å². The van der Waals surface area contributed by atoms with Gasteiger partial charge in [-0.2, -0.15) is 0 Å². The van der Waals surface area contributed by atoms with E-state index in [-0.39, 0.29) is 17.9 Å². The maximum Gasteiger partial charge on any atom is 0.233 e. The summed E-state index contributed by atoms with van der Waals surface area (Å²) in [7, 11) is -2.17. The fourth-order valence-corrected chi connectivity index (χ4v) is 11.8. The fourth-order valence-electron chi connectivity index (χ4n) is 4.97. The molecule has 0 unspecified atom stereocenters. The van der Waals surface area contributed by atoms with Gasteiger partial charge in [0, 0.05) is 12.3 Å². The minimum Gasteiger partial charge on any atom is -0.408 e. The number of hydrogen-bond donors (Lipinski definition) is 0. The highest BCUT2D eigenvalue weighted by Gasteiger charge is 2.48. The Hall–Kier alpha value is -0.693. The molecule has 2 rings (SSSR count). The van der Waals surface area contributed by atoms with Gasteiger partial charge in [0.2, 0.25) is 14.2 Å². The second-order valence-corrected chi connectivity index (χ2v) is 16.6. The van der Waals surface area contributed by atoms with Crippen LogP contribution >= 0.6 is 24.0 Å². The van der Waals surface area contributed by atoms with Crippen molar-refractivity contribution in [3.63, 3.8) is 0 Å². The molecule has 0 radical (unpaired) electrons. The fraction of sp³-hybridized carbons (Fsp3) is 0.667. The first kappa shape index (κ1) is 25.6. The Kier molecular flexibility index (Phi) is 9.16. The quantitative estimate of drug-likeness (QED) is 0.302. The Morgan fingerprint density at radius 1 is 1.03 bits per heavy atom. The number of benzene rings is 1. The largest absolute Gasteiger partial charge is 0.408 e. The summed E-state index contributed by atoms with van der Waals surface area (Å²) >= 11 is 7.13. The minimum atomic E-state index is -2.17. The van der Waals surface area contributed by atoms with Crippen LogP contribution in [0.25, 0.3) is 0 Å². The van der Waals surface area contributed by atoms with Gasteiger partial charge in [0.15, 0.2) is 0 Å². The van der Waals surface area contributed by atoms with Gasteiger partial charge in [-0.3, -0.25) is 9.69 Å². The first-order valence-electron chi connectivity index (χ1n) is 11.2. The third kappa shape index (κ3) is 5.37. The lowest BCUT2D eigenvalue weighted by molar-refractivity contribution is -0.134. The molecule has 1 aromatic carbocycles. The van der Waals surface area contributed by atoms with E-state index in [2.05, 4.69) is 72.7 Å². The van der Waals surface area contributed by atoms with E-state index in [9.17, 15) is 4.79 Å². The third-order valence-electron chi connectivity index (χ3n) is 6.53. The molecule has 6 heteroatoms. The third-order valence-corrected chi connectivity index (χ3v) is 14.1. The summed E-state index contributed by atoms with van der Waals surface area (Å²) in [5.74, 6) is 0.809. The van der Waals surface area contributed by atoms with Gasteiger partial charge in [0.25, 0.3) is 0 Å². The van der Waals surface area contributed by atoms with Crippen molar-refractivity contribution in [2.45, 2.75) is 84.5 Å². The Morgan fingerprint density at radius 3 is 2.03 bits per heavy atom. The molecule has 1 aliphatic heterocycles. The van der Waals surface area contributed by atoms with Crippen LogP contribution in [0, 0.1) is 12.8 Å². The highest BCUT2D eigenvalue weighted by atomic mass is 32.2. The van der Waals surface area contributed by atoms with Crippen LogP contribution in [0.4, 0.5) is 0 Å². The van der Waals surface area contributed by atoms with E-state index in [1.807, 2.05) is 11.8 Å². The first-order valence-corrected chi connectivity index (χ1v) is 14.8. The molecule has 3 nitrogen and oxygen atoms in total. The lowest BCUT2D eigenvalue weighted by Gasteiger charge is -2.46. The van der Waals surface area contributed by atoms with Gasteiger partial charge in [-0.15, -0.1) is 0 Å². The maximum absolute atomic E-state index is 13.5. The van der Waals surface area contributed by atoms with Crippen molar-refractivity contribution >= 4 is 42.5 Å². The molecule has 2 atom stereocenters. The molecular weight excluding hydrogens is 426 g/mol. The summed E-state index contributed by atoms with van der Waals surface area (Å²) in [6.07, 6.45) is 0.730. The second-order valence-electron chi connectivity index (χ2n) is 9.51. The highest BCUT2D eigenvalue weighted by Crippen LogP contribution is 2.47. The monoisotopic (exact) mass is 465 g/mol. The summed E-state index contributed by atoms with van der Waals surface area (Å²) in [5.41, 5.74) is 3.68. The number of aryl methyl sites for hydroxylation is 1. The first-order chi connectivity index (χ1) is 14.0. The van der Waals surface area contributed by atoms with Crippen LogP contribution in [-0.2, 0) is 9.22 Å². The van der Waals surface area contributed by atoms with Gasteiger partial charge in [0.05, 0.1) is 12.0 Å². The van der Waals surface area contributed by atoms with Gasteiger partial charge in [0.1, 0.15) is 4.32 Å². The second kappa shape index (κ2) is 10.8. The molecular formula is C24H39NO2S2Si. The summed E-state index contributed by atoms with van der Waals surface area (Å²) in [5, 5.41) is 0. The number of hydrogen-bond acceptors (Lipinski definition) is 4. The predicted molar refractivity (Wildman–Crippen MR) is 137 cm³/mol. The number of nitrogens with zero attached hydrogens (tertiary/aromatic N) is 1. The summed E-state index contributed by atoms with van der Waals surface area (Å²) in [6, 6.07) is 8.50. The molecule has 1 aromatic rings. The Labute approximate surface area is 194 Å². The van der Waals surface area contributed by atoms with Crippen LogP contribution in [0.1, 0.15) is 72.1 Å². The van der Waals surface area contributed by atoms with Gasteiger partial charge in [-0.1, -0.05) is 102 Å². The minimum absolute atomic E-state index is 0.0944. The summed E-state index contributed by atoms with van der Waals surface area (Å²) in [4.78, 5) is 15.4. The average molecular weight is 466 g/mol. The molecule has 1 heterocycles. The molecule has 0 aliphatic carbocycles. The molecule has 0 spiro atoms. The topological polar surface area (TPSA) is 29.5 Å². The molecule has 1 saturated heterocycles. The van der Waals surface area contributed by atoms with Crippen LogP contribution in [0.15, 0.2) is 24.3 Å². The van der Waals surface area contributed by atoms with Gasteiger partial charge >= 0.3 is 0 Å². The van der Waals surface area contributed by atoms with Crippen molar-refractivity contribution in [3.05, 3.63) is 35.4 Å². The lowest BCUT2D eigenvalue weighted by Crippen LogP contribution is -2.51. The molecule has 0 N–H and O–H groups in total. The van der Waals surface area contributed by atoms with Crippen LogP contribution in [0.3, 0.4) is 0 Å². The molecule has 1 fully saturated rings. The van der Waals surface area contributed by atoms with Crippen molar-refractivity contribution in [1.82, 2.24) is 4.90 Å². The number of carbonyl (C=O) groups is 1. The van der Waals surface area contributed by atoms with Crippen molar-refractivity contribution in [1.29, 1.82) is 0 Å². The lowest BCUT2D eigenvalue weighted by atomic mass is 9.95. The average Bonchev–Trinajstić information content (AvgIpc) is 2.68. The smallest absolute Gasteiger partial charge is 0.233 e. The number of amides is 1. The number of thiocarbonyl (C=S) groups is 1. The zero-order valence-corrected chi connectivity index (χ0v) is 22.5. The number of thioether (sulfide) groups is 1. The molecule has 0 aromatic heterocycles. The van der Waals surface area contributed by atoms with Crippen molar-refractivity contribution in [2.75, 3.05) is 12.3 Å². The zero-order valence-electron chi connectivity index (χ0n) is 19.9. The summed E-state index contributed by atoms with van der Waals surface area (Å²) < 4.78 is 7.91. The van der Waals surface area contributed by atoms with E-state index in [1.165, 1.54) is 5.56 Å². The maximum atomic E-state index is 13.5. The van der Waals surface area contributed by atoms with Gasteiger partial charge in [-0.05, 0) is 35.5 Å². The molecule has 0 saturated carbocycles. The number of carbonyl (C=O) groups excluding carboxylic acids is 1. The zero-order chi connectivity index (χ0) is 22.6. The SMILES string of the molecule is Cc1ccc([C@H](O[Si](C(C)C)(C(C)C)C(C)C)[C@H](C)C(=O)N2CCCSC2=S)cc1. The van der Waals surface area contributed by atoms with Crippen LogP contribution in [0.5, 0.6) is 0 Å². The van der Waals surface area contributed by atoms with Crippen molar-refractivity contribution < 1.29 is 9.22 Å². The predicted octanol–water partition coefficient (Wildman–Crippen LogP) is 7.11. The Balaban J connectivity index is 2.47. The molecule has 0 bridgehead atoms. The van der Waals surface area contributed by atoms with Crippen molar-refractivity contribution in [2.24, 2.45) is 5.92 Å². The van der Waals surface area contributed by atoms with E-state index < -0.39 is 8.32 Å². The van der Waals surface area contributed by atoms with E-state index in [1.54, 1.807) is 11.8 Å².